The van der Waals surface area contributed by atoms with Crippen LogP contribution in [0.3, 0.4) is 0 Å². The predicted octanol–water partition coefficient (Wildman–Crippen LogP) is 2.84. The number of ether oxygens (including phenoxy) is 2. The quantitative estimate of drug-likeness (QED) is 0.888. The molecule has 0 atom stereocenters. The highest BCUT2D eigenvalue weighted by Gasteiger charge is 2.16. The molecule has 0 amide bonds. The summed E-state index contributed by atoms with van der Waals surface area (Å²) in [6.45, 7) is 3.04. The first-order chi connectivity index (χ1) is 10.1. The van der Waals surface area contributed by atoms with E-state index in [1.807, 2.05) is 11.5 Å². The fourth-order valence-corrected chi connectivity index (χ4v) is 2.15. The van der Waals surface area contributed by atoms with Gasteiger partial charge in [0.05, 0.1) is 35.9 Å². The molecule has 6 nitrogen and oxygen atoms in total. The zero-order chi connectivity index (χ0) is 15.4. The van der Waals surface area contributed by atoms with Crippen molar-refractivity contribution in [2.24, 2.45) is 0 Å². The summed E-state index contributed by atoms with van der Waals surface area (Å²) in [7, 11) is 1.43. The SMILES string of the molecule is CCn1cncc1COc1c(Cl)cc(C(=O)O)cc1OC. The van der Waals surface area contributed by atoms with Gasteiger partial charge in [0.1, 0.15) is 6.61 Å². The lowest BCUT2D eigenvalue weighted by Gasteiger charge is -2.13. The summed E-state index contributed by atoms with van der Waals surface area (Å²) in [5, 5.41) is 9.19. The smallest absolute Gasteiger partial charge is 0.335 e. The molecule has 0 fully saturated rings. The maximum Gasteiger partial charge on any atom is 0.335 e. The molecule has 0 aliphatic rings. The molecule has 112 valence electrons. The summed E-state index contributed by atoms with van der Waals surface area (Å²) in [6, 6.07) is 2.71. The summed E-state index contributed by atoms with van der Waals surface area (Å²) in [5.41, 5.74) is 0.931. The Hall–Kier alpha value is -2.21. The van der Waals surface area contributed by atoms with Gasteiger partial charge in [-0.2, -0.15) is 0 Å². The molecule has 2 rings (SSSR count). The van der Waals surface area contributed by atoms with Crippen LogP contribution in [-0.4, -0.2) is 27.7 Å². The third-order valence-corrected chi connectivity index (χ3v) is 3.26. The number of methoxy groups -OCH3 is 1. The van der Waals surface area contributed by atoms with E-state index in [-0.39, 0.29) is 22.9 Å². The molecule has 0 aliphatic heterocycles. The maximum absolute atomic E-state index is 11.0. The van der Waals surface area contributed by atoms with Gasteiger partial charge in [-0.3, -0.25) is 0 Å². The van der Waals surface area contributed by atoms with Crippen LogP contribution in [-0.2, 0) is 13.2 Å². The molecule has 0 unspecified atom stereocenters. The van der Waals surface area contributed by atoms with Gasteiger partial charge in [0.2, 0.25) is 0 Å². The highest BCUT2D eigenvalue weighted by molar-refractivity contribution is 6.32. The number of carboxylic acid groups (broad SMARTS) is 1. The van der Waals surface area contributed by atoms with Crippen molar-refractivity contribution in [1.29, 1.82) is 0 Å². The van der Waals surface area contributed by atoms with Gasteiger partial charge >= 0.3 is 5.97 Å². The number of rotatable bonds is 6. The fraction of sp³-hybridized carbons (Fsp3) is 0.286. The standard InChI is InChI=1S/C14H15ClN2O4/c1-3-17-8-16-6-10(17)7-21-13-11(15)4-9(14(18)19)5-12(13)20-2/h4-6,8H,3,7H2,1-2H3,(H,18,19). The first-order valence-electron chi connectivity index (χ1n) is 6.29. The van der Waals surface area contributed by atoms with Crippen molar-refractivity contribution in [2.75, 3.05) is 7.11 Å². The highest BCUT2D eigenvalue weighted by Crippen LogP contribution is 2.36. The van der Waals surface area contributed by atoms with E-state index in [0.717, 1.165) is 12.2 Å². The molecule has 1 aromatic heterocycles. The number of benzene rings is 1. The molecular formula is C14H15ClN2O4. The topological polar surface area (TPSA) is 73.6 Å². The van der Waals surface area contributed by atoms with Crippen LogP contribution in [0.25, 0.3) is 0 Å². The van der Waals surface area contributed by atoms with E-state index in [1.165, 1.54) is 19.2 Å². The molecule has 0 radical (unpaired) electrons. The minimum atomic E-state index is -1.08. The van der Waals surface area contributed by atoms with E-state index in [4.69, 9.17) is 26.2 Å². The van der Waals surface area contributed by atoms with E-state index in [9.17, 15) is 4.79 Å². The molecule has 1 N–H and O–H groups in total. The van der Waals surface area contributed by atoms with Crippen molar-refractivity contribution in [3.05, 3.63) is 40.9 Å². The van der Waals surface area contributed by atoms with Gasteiger partial charge in [-0.05, 0) is 19.1 Å². The Morgan fingerprint density at radius 1 is 1.48 bits per heavy atom. The molecule has 0 spiro atoms. The lowest BCUT2D eigenvalue weighted by molar-refractivity contribution is 0.0696. The summed E-state index contributed by atoms with van der Waals surface area (Å²) >= 11 is 6.08. The minimum Gasteiger partial charge on any atom is -0.493 e. The van der Waals surface area contributed by atoms with Crippen LogP contribution in [0.15, 0.2) is 24.7 Å². The second-order valence-electron chi connectivity index (χ2n) is 4.25. The first kappa shape index (κ1) is 15.2. The van der Waals surface area contributed by atoms with E-state index in [1.54, 1.807) is 12.5 Å². The van der Waals surface area contributed by atoms with Gasteiger partial charge in [0.15, 0.2) is 11.5 Å². The number of hydrogen-bond donors (Lipinski definition) is 1. The first-order valence-corrected chi connectivity index (χ1v) is 6.67. The number of carboxylic acids is 1. The molecular weight excluding hydrogens is 296 g/mol. The molecule has 21 heavy (non-hydrogen) atoms. The van der Waals surface area contributed by atoms with Crippen molar-refractivity contribution in [1.82, 2.24) is 9.55 Å². The molecule has 0 saturated heterocycles. The van der Waals surface area contributed by atoms with Crippen molar-refractivity contribution in [3.63, 3.8) is 0 Å². The van der Waals surface area contributed by atoms with E-state index >= 15 is 0 Å². The number of aromatic carboxylic acids is 1. The Morgan fingerprint density at radius 3 is 2.86 bits per heavy atom. The lowest BCUT2D eigenvalue weighted by atomic mass is 10.2. The van der Waals surface area contributed by atoms with Crippen LogP contribution >= 0.6 is 11.6 Å². The van der Waals surface area contributed by atoms with E-state index < -0.39 is 5.97 Å². The number of nitrogens with zero attached hydrogens (tertiary/aromatic N) is 2. The van der Waals surface area contributed by atoms with Crippen LogP contribution in [0.2, 0.25) is 5.02 Å². The van der Waals surface area contributed by atoms with Gasteiger partial charge in [-0.15, -0.1) is 0 Å². The number of aryl methyl sites for hydroxylation is 1. The average Bonchev–Trinajstić information content (AvgIpc) is 2.92. The largest absolute Gasteiger partial charge is 0.493 e. The fourth-order valence-electron chi connectivity index (χ4n) is 1.88. The Kier molecular flexibility index (Phi) is 4.70. The zero-order valence-corrected chi connectivity index (χ0v) is 12.4. The monoisotopic (exact) mass is 310 g/mol. The van der Waals surface area contributed by atoms with Crippen molar-refractivity contribution in [3.8, 4) is 11.5 Å². The average molecular weight is 311 g/mol. The molecule has 1 heterocycles. The normalized spacial score (nSPS) is 10.4. The highest BCUT2D eigenvalue weighted by atomic mass is 35.5. The number of halogens is 1. The van der Waals surface area contributed by atoms with Crippen molar-refractivity contribution >= 4 is 17.6 Å². The third kappa shape index (κ3) is 3.28. The van der Waals surface area contributed by atoms with Gasteiger partial charge < -0.3 is 19.1 Å². The summed E-state index contributed by atoms with van der Waals surface area (Å²) in [4.78, 5) is 15.0. The second kappa shape index (κ2) is 6.49. The van der Waals surface area contributed by atoms with Crippen LogP contribution in [0.1, 0.15) is 23.0 Å². The van der Waals surface area contributed by atoms with Gasteiger partial charge in [-0.25, -0.2) is 9.78 Å². The van der Waals surface area contributed by atoms with Crippen molar-refractivity contribution < 1.29 is 19.4 Å². The van der Waals surface area contributed by atoms with Crippen LogP contribution in [0, 0.1) is 0 Å². The van der Waals surface area contributed by atoms with Gasteiger partial charge in [0, 0.05) is 6.54 Å². The van der Waals surface area contributed by atoms with Crippen LogP contribution in [0.5, 0.6) is 11.5 Å². The maximum atomic E-state index is 11.0. The molecule has 0 bridgehead atoms. The van der Waals surface area contributed by atoms with E-state index in [0.29, 0.717) is 5.75 Å². The third-order valence-electron chi connectivity index (χ3n) is 2.98. The van der Waals surface area contributed by atoms with Gasteiger partial charge in [0.25, 0.3) is 0 Å². The molecule has 2 aromatic rings. The Morgan fingerprint density at radius 2 is 2.24 bits per heavy atom. The zero-order valence-electron chi connectivity index (χ0n) is 11.7. The summed E-state index contributed by atoms with van der Waals surface area (Å²) < 4.78 is 12.8. The van der Waals surface area contributed by atoms with Crippen LogP contribution in [0.4, 0.5) is 0 Å². The Labute approximate surface area is 126 Å². The minimum absolute atomic E-state index is 0.0443. The van der Waals surface area contributed by atoms with Crippen LogP contribution < -0.4 is 9.47 Å². The molecule has 7 heteroatoms. The molecule has 1 aromatic carbocycles. The summed E-state index contributed by atoms with van der Waals surface area (Å²) in [5.74, 6) is -0.485. The Balaban J connectivity index is 2.25. The summed E-state index contributed by atoms with van der Waals surface area (Å²) in [6.07, 6.45) is 3.42. The number of hydrogen-bond acceptors (Lipinski definition) is 4. The number of aromatic nitrogens is 2. The van der Waals surface area contributed by atoms with Gasteiger partial charge in [-0.1, -0.05) is 11.6 Å². The molecule has 0 saturated carbocycles. The van der Waals surface area contributed by atoms with Crippen molar-refractivity contribution in [2.45, 2.75) is 20.1 Å². The van der Waals surface area contributed by atoms with E-state index in [2.05, 4.69) is 4.98 Å². The number of imidazole rings is 1. The Bertz CT molecular complexity index is 654. The number of carbonyl (C=O) groups is 1. The lowest BCUT2D eigenvalue weighted by Crippen LogP contribution is -2.05. The predicted molar refractivity (Wildman–Crippen MR) is 77.2 cm³/mol. The second-order valence-corrected chi connectivity index (χ2v) is 4.66. The molecule has 0 aliphatic carbocycles.